The van der Waals surface area contributed by atoms with Gasteiger partial charge in [-0.2, -0.15) is 0 Å². The van der Waals surface area contributed by atoms with E-state index in [4.69, 9.17) is 0 Å². The Hall–Kier alpha value is -2.73. The Morgan fingerprint density at radius 1 is 0.972 bits per heavy atom. The molecule has 0 bridgehead atoms. The Morgan fingerprint density at radius 2 is 1.72 bits per heavy atom. The summed E-state index contributed by atoms with van der Waals surface area (Å²) < 4.78 is 0. The summed E-state index contributed by atoms with van der Waals surface area (Å²) in [6, 6.07) is 14.9. The minimum absolute atomic E-state index is 0.0104. The van der Waals surface area contributed by atoms with Crippen LogP contribution in [0, 0.1) is 26.7 Å². The van der Waals surface area contributed by atoms with Crippen molar-refractivity contribution in [3.63, 3.8) is 0 Å². The number of carbonyl (C=O) groups is 2. The van der Waals surface area contributed by atoms with Gasteiger partial charge in [0, 0.05) is 56.1 Å². The lowest BCUT2D eigenvalue weighted by molar-refractivity contribution is -0.139. The maximum Gasteiger partial charge on any atom is 0.260 e. The van der Waals surface area contributed by atoms with Crippen molar-refractivity contribution in [2.24, 2.45) is 5.92 Å². The summed E-state index contributed by atoms with van der Waals surface area (Å²) in [7, 11) is 1.92. The van der Waals surface area contributed by atoms with Crippen LogP contribution in [-0.2, 0) is 9.59 Å². The molecule has 2 saturated heterocycles. The van der Waals surface area contributed by atoms with E-state index in [0.717, 1.165) is 55.9 Å². The zero-order valence-electron chi connectivity index (χ0n) is 21.9. The lowest BCUT2D eigenvalue weighted by Crippen LogP contribution is -2.55. The molecular weight excluding hydrogens is 466 g/mol. The zero-order chi connectivity index (χ0) is 25.4. The predicted octanol–water partition coefficient (Wildman–Crippen LogP) is 5.04. The minimum Gasteiger partial charge on any atom is -0.368 e. The summed E-state index contributed by atoms with van der Waals surface area (Å²) >= 11 is 1.72. The second-order valence-corrected chi connectivity index (χ2v) is 11.9. The van der Waals surface area contributed by atoms with Crippen LogP contribution in [0.3, 0.4) is 0 Å². The van der Waals surface area contributed by atoms with Crippen molar-refractivity contribution < 1.29 is 9.59 Å². The number of anilines is 1. The molecule has 3 fully saturated rings. The molecule has 0 aromatic heterocycles. The highest BCUT2D eigenvalue weighted by molar-refractivity contribution is 8.04. The SMILES string of the molecule is Cc1ccc(C)c(N2CCN(C(=O)C3CCC4S/C(=C\c5ccccc5C)C(=O)N(C)C4C3)CC2)c1. The van der Waals surface area contributed by atoms with Crippen LogP contribution in [0.2, 0.25) is 0 Å². The number of nitrogens with zero attached hydrogens (tertiary/aromatic N) is 3. The number of rotatable bonds is 3. The molecule has 3 unspecified atom stereocenters. The maximum atomic E-state index is 13.5. The lowest BCUT2D eigenvalue weighted by atomic mass is 9.83. The molecule has 3 aliphatic rings. The third-order valence-corrected chi connectivity index (χ3v) is 9.58. The van der Waals surface area contributed by atoms with E-state index in [9.17, 15) is 9.59 Å². The molecule has 2 aliphatic heterocycles. The summed E-state index contributed by atoms with van der Waals surface area (Å²) in [4.78, 5) is 33.9. The van der Waals surface area contributed by atoms with Crippen LogP contribution >= 0.6 is 11.8 Å². The Bertz CT molecular complexity index is 1180. The first kappa shape index (κ1) is 24.9. The normalized spacial score (nSPS) is 25.8. The van der Waals surface area contributed by atoms with Crippen molar-refractivity contribution in [1.82, 2.24) is 9.80 Å². The smallest absolute Gasteiger partial charge is 0.260 e. The molecule has 190 valence electrons. The molecule has 5 nitrogen and oxygen atoms in total. The summed E-state index contributed by atoms with van der Waals surface area (Å²) in [5, 5.41) is 0.355. The van der Waals surface area contributed by atoms with Crippen molar-refractivity contribution in [3.8, 4) is 0 Å². The van der Waals surface area contributed by atoms with Crippen LogP contribution in [0.1, 0.15) is 41.5 Å². The van der Waals surface area contributed by atoms with Gasteiger partial charge in [0.15, 0.2) is 0 Å². The van der Waals surface area contributed by atoms with E-state index < -0.39 is 0 Å². The number of hydrogen-bond donors (Lipinski definition) is 0. The average Bonchev–Trinajstić information content (AvgIpc) is 2.89. The Morgan fingerprint density at radius 3 is 2.47 bits per heavy atom. The van der Waals surface area contributed by atoms with Gasteiger partial charge in [-0.3, -0.25) is 9.59 Å². The number of likely N-dealkylation sites (N-methyl/N-ethyl adjacent to an activating group) is 1. The molecule has 0 N–H and O–H groups in total. The third kappa shape index (κ3) is 4.93. The fourth-order valence-electron chi connectivity index (χ4n) is 5.90. The number of hydrogen-bond acceptors (Lipinski definition) is 4. The zero-order valence-corrected chi connectivity index (χ0v) is 22.7. The molecule has 2 heterocycles. The predicted molar refractivity (Wildman–Crippen MR) is 149 cm³/mol. The van der Waals surface area contributed by atoms with Crippen LogP contribution in [0.15, 0.2) is 47.4 Å². The number of amides is 2. The molecule has 2 aromatic rings. The van der Waals surface area contributed by atoms with E-state index in [1.807, 2.05) is 30.2 Å². The van der Waals surface area contributed by atoms with Gasteiger partial charge in [0.25, 0.3) is 5.91 Å². The van der Waals surface area contributed by atoms with E-state index in [2.05, 4.69) is 60.9 Å². The number of aryl methyl sites for hydroxylation is 3. The molecule has 2 aromatic carbocycles. The van der Waals surface area contributed by atoms with Crippen LogP contribution in [0.25, 0.3) is 6.08 Å². The van der Waals surface area contributed by atoms with E-state index >= 15 is 0 Å². The molecule has 36 heavy (non-hydrogen) atoms. The van der Waals surface area contributed by atoms with Gasteiger partial charge in [-0.15, -0.1) is 11.8 Å². The van der Waals surface area contributed by atoms with Crippen molar-refractivity contribution in [2.75, 3.05) is 38.1 Å². The standard InChI is InChI=1S/C30H37N3O2S/c1-20-9-10-22(3)25(17-20)32-13-15-33(16-14-32)29(34)24-11-12-27-26(18-24)31(4)30(35)28(36-27)19-23-8-6-5-7-21(23)2/h5-10,17,19,24,26-27H,11-16,18H2,1-4H3/b28-19-. The second kappa shape index (κ2) is 10.3. The van der Waals surface area contributed by atoms with Gasteiger partial charge in [0.05, 0.1) is 4.91 Å². The largest absolute Gasteiger partial charge is 0.368 e. The molecule has 0 spiro atoms. The number of piperazine rings is 1. The molecule has 3 atom stereocenters. The number of benzene rings is 2. The van der Waals surface area contributed by atoms with Gasteiger partial charge in [0.2, 0.25) is 5.91 Å². The lowest BCUT2D eigenvalue weighted by Gasteiger charge is -2.45. The van der Waals surface area contributed by atoms with Gasteiger partial charge in [-0.1, -0.05) is 36.4 Å². The highest BCUT2D eigenvalue weighted by atomic mass is 32.2. The van der Waals surface area contributed by atoms with E-state index in [0.29, 0.717) is 5.25 Å². The number of fused-ring (bicyclic) bond motifs is 1. The summed E-state index contributed by atoms with van der Waals surface area (Å²) in [6.45, 7) is 9.65. The minimum atomic E-state index is 0.0104. The summed E-state index contributed by atoms with van der Waals surface area (Å²) in [5.41, 5.74) is 6.12. The second-order valence-electron chi connectivity index (χ2n) is 10.6. The molecule has 0 radical (unpaired) electrons. The molecule has 1 saturated carbocycles. The first-order valence-corrected chi connectivity index (χ1v) is 14.0. The molecule has 2 amide bonds. The average molecular weight is 504 g/mol. The van der Waals surface area contributed by atoms with Gasteiger partial charge in [-0.25, -0.2) is 0 Å². The van der Waals surface area contributed by atoms with Crippen LogP contribution in [0.5, 0.6) is 0 Å². The fourth-order valence-corrected chi connectivity index (χ4v) is 7.37. The van der Waals surface area contributed by atoms with Crippen molar-refractivity contribution in [3.05, 3.63) is 69.6 Å². The van der Waals surface area contributed by atoms with Crippen molar-refractivity contribution >= 4 is 35.3 Å². The molecule has 5 rings (SSSR count). The monoisotopic (exact) mass is 503 g/mol. The number of thioether (sulfide) groups is 1. The van der Waals surface area contributed by atoms with Crippen molar-refractivity contribution in [2.45, 2.75) is 51.3 Å². The van der Waals surface area contributed by atoms with Gasteiger partial charge in [0.1, 0.15) is 0 Å². The van der Waals surface area contributed by atoms with E-state index in [1.165, 1.54) is 22.4 Å². The molecular formula is C30H37N3O2S. The molecule has 1 aliphatic carbocycles. The summed E-state index contributed by atoms with van der Waals surface area (Å²) in [6.07, 6.45) is 4.69. The fraction of sp³-hybridized carbons (Fsp3) is 0.467. The Kier molecular flexibility index (Phi) is 7.16. The maximum absolute atomic E-state index is 13.5. The summed E-state index contributed by atoms with van der Waals surface area (Å²) in [5.74, 6) is 0.372. The quantitative estimate of drug-likeness (QED) is 0.550. The third-order valence-electron chi connectivity index (χ3n) is 8.18. The first-order chi connectivity index (χ1) is 17.3. The van der Waals surface area contributed by atoms with Gasteiger partial charge < -0.3 is 14.7 Å². The van der Waals surface area contributed by atoms with Gasteiger partial charge >= 0.3 is 0 Å². The number of carbonyl (C=O) groups excluding carboxylic acids is 2. The van der Waals surface area contributed by atoms with Gasteiger partial charge in [-0.05, 0) is 74.4 Å². The highest BCUT2D eigenvalue weighted by Crippen LogP contribution is 2.43. The van der Waals surface area contributed by atoms with Crippen molar-refractivity contribution in [1.29, 1.82) is 0 Å². The Balaban J connectivity index is 1.21. The van der Waals surface area contributed by atoms with E-state index in [1.54, 1.807) is 11.8 Å². The highest BCUT2D eigenvalue weighted by Gasteiger charge is 2.43. The van der Waals surface area contributed by atoms with E-state index in [-0.39, 0.29) is 23.8 Å². The van der Waals surface area contributed by atoms with Crippen LogP contribution in [0.4, 0.5) is 5.69 Å². The Labute approximate surface area is 219 Å². The van der Waals surface area contributed by atoms with Crippen LogP contribution < -0.4 is 4.90 Å². The molecule has 6 heteroatoms. The van der Waals surface area contributed by atoms with Crippen LogP contribution in [-0.4, -0.2) is 66.1 Å². The first-order valence-electron chi connectivity index (χ1n) is 13.1. The topological polar surface area (TPSA) is 43.9 Å².